The number of carbonyl (C=O) groups excluding carboxylic acids is 1. The maximum absolute atomic E-state index is 14.2. The molecule has 0 saturated carbocycles. The van der Waals surface area contributed by atoms with Crippen LogP contribution >= 0.6 is 24.8 Å². The van der Waals surface area contributed by atoms with Crippen LogP contribution in [0.25, 0.3) is 0 Å². The first kappa shape index (κ1) is 27.1. The van der Waals surface area contributed by atoms with Crippen LogP contribution in [-0.2, 0) is 4.79 Å². The lowest BCUT2D eigenvalue weighted by Crippen LogP contribution is -2.50. The van der Waals surface area contributed by atoms with Crippen molar-refractivity contribution >= 4 is 30.7 Å². The molecule has 2 aliphatic heterocycles. The van der Waals surface area contributed by atoms with E-state index < -0.39 is 11.6 Å². The van der Waals surface area contributed by atoms with Gasteiger partial charge < -0.3 is 10.2 Å². The van der Waals surface area contributed by atoms with Gasteiger partial charge in [-0.05, 0) is 50.3 Å². The number of piperazine rings is 1. The van der Waals surface area contributed by atoms with Crippen molar-refractivity contribution in [2.24, 2.45) is 11.8 Å². The maximum Gasteiger partial charge on any atom is 0.222 e. The van der Waals surface area contributed by atoms with Crippen LogP contribution in [0.15, 0.2) is 18.2 Å². The van der Waals surface area contributed by atoms with Gasteiger partial charge in [0, 0.05) is 50.3 Å². The third-order valence-corrected chi connectivity index (χ3v) is 6.45. The standard InChI is InChI=1S/C22H33F2N3O.2ClH/c1-3-21(19-7-6-18(23)14-20(19)24)26-9-11-27(12-10-26)22(28)13-16(2)17-5-4-8-25-15-17;;/h6-7,14,16-17,21,25H,3-5,8-13,15H2,1-2H3;2*1H. The summed E-state index contributed by atoms with van der Waals surface area (Å²) in [7, 11) is 0. The molecule has 2 fully saturated rings. The Labute approximate surface area is 191 Å². The number of nitrogens with zero attached hydrogens (tertiary/aromatic N) is 2. The van der Waals surface area contributed by atoms with Crippen molar-refractivity contribution in [3.05, 3.63) is 35.4 Å². The molecule has 1 aromatic carbocycles. The van der Waals surface area contributed by atoms with Crippen LogP contribution in [0, 0.1) is 23.5 Å². The van der Waals surface area contributed by atoms with Crippen molar-refractivity contribution < 1.29 is 13.6 Å². The average Bonchev–Trinajstić information content (AvgIpc) is 2.71. The Morgan fingerprint density at radius 2 is 1.90 bits per heavy atom. The second-order valence-electron chi connectivity index (χ2n) is 8.29. The van der Waals surface area contributed by atoms with Crippen molar-refractivity contribution in [1.82, 2.24) is 15.1 Å². The fraction of sp³-hybridized carbons (Fsp3) is 0.682. The number of halogens is 4. The first-order chi connectivity index (χ1) is 13.5. The lowest BCUT2D eigenvalue weighted by Gasteiger charge is -2.40. The Balaban J connectivity index is 0.00000225. The highest BCUT2D eigenvalue weighted by molar-refractivity contribution is 5.85. The van der Waals surface area contributed by atoms with E-state index in [4.69, 9.17) is 0 Å². The van der Waals surface area contributed by atoms with Crippen LogP contribution in [0.4, 0.5) is 8.78 Å². The highest BCUT2D eigenvalue weighted by Gasteiger charge is 2.29. The van der Waals surface area contributed by atoms with E-state index in [1.807, 2.05) is 11.8 Å². The van der Waals surface area contributed by atoms with E-state index in [9.17, 15) is 13.6 Å². The number of carbonyl (C=O) groups is 1. The zero-order valence-electron chi connectivity index (χ0n) is 17.9. The normalized spacial score (nSPS) is 21.9. The van der Waals surface area contributed by atoms with Crippen LogP contribution in [-0.4, -0.2) is 55.0 Å². The fourth-order valence-corrected chi connectivity index (χ4v) is 4.67. The third kappa shape index (κ3) is 6.78. The van der Waals surface area contributed by atoms with Crippen molar-refractivity contribution in [2.75, 3.05) is 39.3 Å². The highest BCUT2D eigenvalue weighted by atomic mass is 35.5. The molecule has 8 heteroatoms. The number of benzene rings is 1. The van der Waals surface area contributed by atoms with Gasteiger partial charge in [-0.2, -0.15) is 0 Å². The smallest absolute Gasteiger partial charge is 0.222 e. The van der Waals surface area contributed by atoms with Crippen LogP contribution < -0.4 is 5.32 Å². The monoisotopic (exact) mass is 465 g/mol. The number of hydrogen-bond acceptors (Lipinski definition) is 3. The Hall–Kier alpha value is -0.950. The van der Waals surface area contributed by atoms with E-state index >= 15 is 0 Å². The summed E-state index contributed by atoms with van der Waals surface area (Å²) in [6, 6.07) is 3.75. The van der Waals surface area contributed by atoms with Gasteiger partial charge in [0.25, 0.3) is 0 Å². The lowest BCUT2D eigenvalue weighted by molar-refractivity contribution is -0.134. The molecule has 1 N–H and O–H groups in total. The van der Waals surface area contributed by atoms with E-state index in [2.05, 4.69) is 17.1 Å². The van der Waals surface area contributed by atoms with Gasteiger partial charge >= 0.3 is 0 Å². The lowest BCUT2D eigenvalue weighted by atomic mass is 9.85. The van der Waals surface area contributed by atoms with Crippen molar-refractivity contribution in [2.45, 2.75) is 45.6 Å². The first-order valence-electron chi connectivity index (χ1n) is 10.7. The molecule has 0 radical (unpaired) electrons. The molecule has 172 valence electrons. The van der Waals surface area contributed by atoms with Gasteiger partial charge in [0.1, 0.15) is 11.6 Å². The molecule has 0 spiro atoms. The van der Waals surface area contributed by atoms with Crippen LogP contribution in [0.3, 0.4) is 0 Å². The Kier molecular flexibility index (Phi) is 11.6. The second kappa shape index (κ2) is 12.8. The minimum Gasteiger partial charge on any atom is -0.340 e. The summed E-state index contributed by atoms with van der Waals surface area (Å²) in [6.45, 7) is 9.11. The number of rotatable bonds is 6. The molecule has 3 rings (SSSR count). The highest BCUT2D eigenvalue weighted by Crippen LogP contribution is 2.29. The number of piperidine rings is 1. The zero-order valence-corrected chi connectivity index (χ0v) is 19.5. The summed E-state index contributed by atoms with van der Waals surface area (Å²) in [5, 5.41) is 3.43. The summed E-state index contributed by atoms with van der Waals surface area (Å²) >= 11 is 0. The predicted molar refractivity (Wildman–Crippen MR) is 121 cm³/mol. The van der Waals surface area contributed by atoms with Crippen LogP contribution in [0.5, 0.6) is 0 Å². The van der Waals surface area contributed by atoms with Gasteiger partial charge in [0.2, 0.25) is 5.91 Å². The average molecular weight is 466 g/mol. The number of nitrogens with one attached hydrogen (secondary N) is 1. The van der Waals surface area contributed by atoms with E-state index in [1.54, 1.807) is 6.07 Å². The van der Waals surface area contributed by atoms with E-state index in [0.29, 0.717) is 36.9 Å². The molecule has 30 heavy (non-hydrogen) atoms. The molecule has 2 heterocycles. The topological polar surface area (TPSA) is 35.6 Å². The van der Waals surface area contributed by atoms with Crippen LogP contribution in [0.2, 0.25) is 0 Å². The molecule has 1 amide bonds. The van der Waals surface area contributed by atoms with Gasteiger partial charge in [0.15, 0.2) is 0 Å². The molecule has 2 saturated heterocycles. The predicted octanol–water partition coefficient (Wildman–Crippen LogP) is 4.43. The summed E-state index contributed by atoms with van der Waals surface area (Å²) in [5.74, 6) is 0.188. The molecule has 0 bridgehead atoms. The largest absolute Gasteiger partial charge is 0.340 e. The molecule has 4 nitrogen and oxygen atoms in total. The van der Waals surface area contributed by atoms with Crippen molar-refractivity contribution in [3.63, 3.8) is 0 Å². The summed E-state index contributed by atoms with van der Waals surface area (Å²) in [6.07, 6.45) is 3.76. The summed E-state index contributed by atoms with van der Waals surface area (Å²) in [4.78, 5) is 16.9. The zero-order chi connectivity index (χ0) is 20.1. The SMILES string of the molecule is CCC(c1ccc(F)cc1F)N1CCN(C(=O)CC(C)C2CCCNC2)CC1.Cl.Cl. The second-order valence-corrected chi connectivity index (χ2v) is 8.29. The molecule has 3 atom stereocenters. The molecular weight excluding hydrogens is 431 g/mol. The minimum atomic E-state index is -0.547. The van der Waals surface area contributed by atoms with Gasteiger partial charge in [-0.25, -0.2) is 8.78 Å². The first-order valence-corrected chi connectivity index (χ1v) is 10.7. The van der Waals surface area contributed by atoms with Gasteiger partial charge in [-0.1, -0.05) is 19.9 Å². The Bertz CT molecular complexity index is 666. The Morgan fingerprint density at radius 1 is 1.20 bits per heavy atom. The molecule has 0 aromatic heterocycles. The molecule has 2 aliphatic rings. The van der Waals surface area contributed by atoms with Gasteiger partial charge in [-0.15, -0.1) is 24.8 Å². The van der Waals surface area contributed by atoms with Gasteiger partial charge in [0.05, 0.1) is 0 Å². The summed E-state index contributed by atoms with van der Waals surface area (Å²) < 4.78 is 27.5. The summed E-state index contributed by atoms with van der Waals surface area (Å²) in [5.41, 5.74) is 0.544. The number of amides is 1. The maximum atomic E-state index is 14.2. The van der Waals surface area contributed by atoms with Crippen molar-refractivity contribution in [3.8, 4) is 0 Å². The molecule has 0 aliphatic carbocycles. The third-order valence-electron chi connectivity index (χ3n) is 6.45. The van der Waals surface area contributed by atoms with E-state index in [0.717, 1.165) is 38.7 Å². The Morgan fingerprint density at radius 3 is 2.47 bits per heavy atom. The van der Waals surface area contributed by atoms with E-state index in [-0.39, 0.29) is 36.8 Å². The quantitative estimate of drug-likeness (QED) is 0.674. The molecular formula is C22H35Cl2F2N3O. The van der Waals surface area contributed by atoms with Gasteiger partial charge in [-0.3, -0.25) is 9.69 Å². The van der Waals surface area contributed by atoms with E-state index in [1.165, 1.54) is 18.9 Å². The fourth-order valence-electron chi connectivity index (χ4n) is 4.67. The molecule has 1 aromatic rings. The van der Waals surface area contributed by atoms with Crippen molar-refractivity contribution in [1.29, 1.82) is 0 Å². The minimum absolute atomic E-state index is 0. The molecule has 3 unspecified atom stereocenters. The van der Waals surface area contributed by atoms with Crippen LogP contribution in [0.1, 0.15) is 51.1 Å². The number of hydrogen-bond donors (Lipinski definition) is 1.